The molecule has 1 heteroatoms. The number of ether oxygens (including phenoxy) is 1. The monoisotopic (exact) mass is 140 g/mol. The Bertz CT molecular complexity index is 127. The molecule has 10 heavy (non-hydrogen) atoms. The zero-order valence-electron chi connectivity index (χ0n) is 6.94. The van der Waals surface area contributed by atoms with Gasteiger partial charge in [0.2, 0.25) is 0 Å². The third-order valence-corrected chi connectivity index (χ3v) is 2.98. The van der Waals surface area contributed by atoms with Gasteiger partial charge in [0.15, 0.2) is 0 Å². The van der Waals surface area contributed by atoms with E-state index in [1.807, 2.05) is 0 Å². The van der Waals surface area contributed by atoms with Crippen LogP contribution in [0.25, 0.3) is 0 Å². The molecule has 2 rings (SSSR count). The Kier molecular flexibility index (Phi) is 1.17. The lowest BCUT2D eigenvalue weighted by molar-refractivity contribution is -0.0840. The Hall–Kier alpha value is -0.0400. The minimum atomic E-state index is 0.174. The van der Waals surface area contributed by atoms with Crippen molar-refractivity contribution in [2.75, 3.05) is 6.61 Å². The van der Waals surface area contributed by atoms with E-state index >= 15 is 0 Å². The molecular formula is C9H16O. The highest BCUT2D eigenvalue weighted by molar-refractivity contribution is 4.97. The van der Waals surface area contributed by atoms with Gasteiger partial charge in [-0.05, 0) is 44.9 Å². The van der Waals surface area contributed by atoms with Crippen molar-refractivity contribution >= 4 is 0 Å². The summed E-state index contributed by atoms with van der Waals surface area (Å²) in [7, 11) is 0. The van der Waals surface area contributed by atoms with Crippen LogP contribution < -0.4 is 0 Å². The van der Waals surface area contributed by atoms with E-state index in [0.29, 0.717) is 5.41 Å². The van der Waals surface area contributed by atoms with E-state index in [2.05, 4.69) is 13.8 Å². The topological polar surface area (TPSA) is 9.23 Å². The van der Waals surface area contributed by atoms with Crippen molar-refractivity contribution < 1.29 is 4.74 Å². The maximum Gasteiger partial charge on any atom is 0.0627 e. The predicted octanol–water partition coefficient (Wildman–Crippen LogP) is 2.36. The van der Waals surface area contributed by atoms with Crippen LogP contribution in [0.3, 0.4) is 0 Å². The summed E-state index contributed by atoms with van der Waals surface area (Å²) in [6.07, 6.45) is 5.50. The molecule has 0 aromatic heterocycles. The zero-order valence-corrected chi connectivity index (χ0v) is 6.94. The maximum atomic E-state index is 5.74. The molecule has 0 amide bonds. The molecule has 1 heterocycles. The van der Waals surface area contributed by atoms with Crippen LogP contribution in [-0.2, 0) is 4.74 Å². The molecule has 0 N–H and O–H groups in total. The molecule has 0 unspecified atom stereocenters. The van der Waals surface area contributed by atoms with Crippen LogP contribution in [0.4, 0.5) is 0 Å². The summed E-state index contributed by atoms with van der Waals surface area (Å²) in [5, 5.41) is 0. The summed E-state index contributed by atoms with van der Waals surface area (Å²) in [5.41, 5.74) is 0.837. The van der Waals surface area contributed by atoms with Gasteiger partial charge >= 0.3 is 0 Å². The maximum absolute atomic E-state index is 5.74. The number of hydrogen-bond acceptors (Lipinski definition) is 1. The molecule has 0 radical (unpaired) electrons. The molecule has 1 aliphatic carbocycles. The molecule has 0 aromatic rings. The molecule has 1 saturated carbocycles. The Labute approximate surface area is 62.8 Å². The second kappa shape index (κ2) is 1.76. The standard InChI is InChI=1S/C9H16O/c1-8(2)3-4-9(5-6-9)7-10-8/h3-7H2,1-2H3. The molecule has 1 saturated heterocycles. The summed E-state index contributed by atoms with van der Waals surface area (Å²) in [6.45, 7) is 5.42. The highest BCUT2D eigenvalue weighted by Crippen LogP contribution is 2.53. The minimum Gasteiger partial charge on any atom is -0.375 e. The van der Waals surface area contributed by atoms with Gasteiger partial charge in [-0.25, -0.2) is 0 Å². The summed E-state index contributed by atoms with van der Waals surface area (Å²) >= 11 is 0. The third kappa shape index (κ3) is 1.07. The van der Waals surface area contributed by atoms with Crippen molar-refractivity contribution in [1.29, 1.82) is 0 Å². The quantitative estimate of drug-likeness (QED) is 0.502. The lowest BCUT2D eigenvalue weighted by Crippen LogP contribution is -2.34. The molecule has 1 aliphatic heterocycles. The van der Waals surface area contributed by atoms with Crippen molar-refractivity contribution in [3.8, 4) is 0 Å². The molecule has 0 bridgehead atoms. The van der Waals surface area contributed by atoms with E-state index in [9.17, 15) is 0 Å². The molecular weight excluding hydrogens is 124 g/mol. The van der Waals surface area contributed by atoms with Crippen LogP contribution in [0.5, 0.6) is 0 Å². The minimum absolute atomic E-state index is 0.174. The van der Waals surface area contributed by atoms with E-state index in [0.717, 1.165) is 6.61 Å². The van der Waals surface area contributed by atoms with Gasteiger partial charge in [-0.2, -0.15) is 0 Å². The molecule has 2 fully saturated rings. The zero-order chi connectivity index (χ0) is 7.24. The molecule has 0 atom stereocenters. The van der Waals surface area contributed by atoms with Crippen molar-refractivity contribution in [2.24, 2.45) is 5.41 Å². The molecule has 1 spiro atoms. The smallest absolute Gasteiger partial charge is 0.0627 e. The Balaban J connectivity index is 1.95. The summed E-state index contributed by atoms with van der Waals surface area (Å²) < 4.78 is 5.74. The first-order valence-electron chi connectivity index (χ1n) is 4.26. The van der Waals surface area contributed by atoms with E-state index in [-0.39, 0.29) is 5.60 Å². The lowest BCUT2D eigenvalue weighted by Gasteiger charge is -2.34. The Morgan fingerprint density at radius 3 is 2.00 bits per heavy atom. The van der Waals surface area contributed by atoms with Crippen LogP contribution in [0.15, 0.2) is 0 Å². The highest BCUT2D eigenvalue weighted by atomic mass is 16.5. The largest absolute Gasteiger partial charge is 0.375 e. The van der Waals surface area contributed by atoms with Gasteiger partial charge in [0.25, 0.3) is 0 Å². The first-order chi connectivity index (χ1) is 4.62. The fourth-order valence-corrected chi connectivity index (χ4v) is 1.63. The van der Waals surface area contributed by atoms with Crippen molar-refractivity contribution in [3.05, 3.63) is 0 Å². The first kappa shape index (κ1) is 6.66. The van der Waals surface area contributed by atoms with Gasteiger partial charge in [-0.15, -0.1) is 0 Å². The SMILES string of the molecule is CC1(C)CCC2(CC2)CO1. The van der Waals surface area contributed by atoms with Gasteiger partial charge in [0, 0.05) is 0 Å². The number of hydrogen-bond donors (Lipinski definition) is 0. The highest BCUT2D eigenvalue weighted by Gasteiger charge is 2.47. The second-order valence-electron chi connectivity index (χ2n) is 4.55. The molecule has 1 nitrogen and oxygen atoms in total. The van der Waals surface area contributed by atoms with E-state index in [1.54, 1.807) is 0 Å². The van der Waals surface area contributed by atoms with Gasteiger partial charge in [-0.1, -0.05) is 0 Å². The van der Waals surface area contributed by atoms with Crippen LogP contribution in [-0.4, -0.2) is 12.2 Å². The van der Waals surface area contributed by atoms with Crippen LogP contribution in [0, 0.1) is 5.41 Å². The molecule has 2 aliphatic rings. The normalized spacial score (nSPS) is 34.2. The van der Waals surface area contributed by atoms with E-state index < -0.39 is 0 Å². The summed E-state index contributed by atoms with van der Waals surface area (Å²) in [4.78, 5) is 0. The van der Waals surface area contributed by atoms with Crippen LogP contribution >= 0.6 is 0 Å². The predicted molar refractivity (Wildman–Crippen MR) is 40.9 cm³/mol. The number of rotatable bonds is 0. The van der Waals surface area contributed by atoms with Gasteiger partial charge < -0.3 is 4.74 Å². The fourth-order valence-electron chi connectivity index (χ4n) is 1.63. The fraction of sp³-hybridized carbons (Fsp3) is 1.00. The van der Waals surface area contributed by atoms with Gasteiger partial charge in [0.05, 0.1) is 12.2 Å². The first-order valence-corrected chi connectivity index (χ1v) is 4.26. The van der Waals surface area contributed by atoms with Gasteiger partial charge in [-0.3, -0.25) is 0 Å². The van der Waals surface area contributed by atoms with Crippen molar-refractivity contribution in [3.63, 3.8) is 0 Å². The van der Waals surface area contributed by atoms with E-state index in [4.69, 9.17) is 4.74 Å². The summed E-state index contributed by atoms with van der Waals surface area (Å²) in [6, 6.07) is 0. The summed E-state index contributed by atoms with van der Waals surface area (Å²) in [5.74, 6) is 0. The second-order valence-corrected chi connectivity index (χ2v) is 4.55. The lowest BCUT2D eigenvalue weighted by atomic mass is 9.90. The van der Waals surface area contributed by atoms with E-state index in [1.165, 1.54) is 25.7 Å². The Morgan fingerprint density at radius 2 is 1.60 bits per heavy atom. The molecule has 58 valence electrons. The average Bonchev–Trinajstić information content (AvgIpc) is 2.60. The average molecular weight is 140 g/mol. The van der Waals surface area contributed by atoms with Crippen molar-refractivity contribution in [1.82, 2.24) is 0 Å². The van der Waals surface area contributed by atoms with Crippen LogP contribution in [0.2, 0.25) is 0 Å². The van der Waals surface area contributed by atoms with Crippen LogP contribution in [0.1, 0.15) is 39.5 Å². The molecule has 0 aromatic carbocycles. The third-order valence-electron chi connectivity index (χ3n) is 2.98. The van der Waals surface area contributed by atoms with Crippen molar-refractivity contribution in [2.45, 2.75) is 45.1 Å². The van der Waals surface area contributed by atoms with Gasteiger partial charge in [0.1, 0.15) is 0 Å². The Morgan fingerprint density at radius 1 is 1.00 bits per heavy atom.